The van der Waals surface area contributed by atoms with Gasteiger partial charge in [0, 0.05) is 31.4 Å². The SMILES string of the molecule is CC(C)(C)OC(=O)N[C@@H](CCCCCC(=O)NCC(=O)CCC(=O)Nc1ccc(N=Nc2ccc(CC(=O)CN)cc2)cc1)C(=O)O.O=C=O. The Morgan fingerprint density at radius 3 is 1.94 bits per heavy atom. The molecule has 2 aromatic rings. The molecule has 2 aromatic carbocycles. The van der Waals surface area contributed by atoms with Crippen LogP contribution in [0.5, 0.6) is 0 Å². The fourth-order valence-corrected chi connectivity index (χ4v) is 4.08. The van der Waals surface area contributed by atoms with Crippen molar-refractivity contribution in [2.45, 2.75) is 83.8 Å². The Morgan fingerprint density at radius 2 is 1.40 bits per heavy atom. The fourth-order valence-electron chi connectivity index (χ4n) is 4.08. The topological polar surface area (TPSA) is 253 Å². The maximum atomic E-state index is 12.3. The molecule has 0 aliphatic heterocycles. The number of hydrogen-bond acceptors (Lipinski definition) is 12. The summed E-state index contributed by atoms with van der Waals surface area (Å²) in [5, 5.41) is 25.2. The standard InChI is InChI=1S/C33H44N6O8.CO2/c1-33(2,3)47-32(46)37-28(31(44)45)7-5-4-6-8-29(42)35-21-26(40)17-18-30(43)36-23-13-15-25(16-14-23)39-38-24-11-9-22(10-12-24)19-27(41)20-34;2-1-3/h9-16,28H,4-8,17-21,34H2,1-3H3,(H,35,42)(H,36,43)(H,37,46)(H,44,45);/t28-;/m0./s1. The molecule has 0 unspecified atom stereocenters. The molecule has 0 aliphatic carbocycles. The summed E-state index contributed by atoms with van der Waals surface area (Å²) in [5.41, 5.74) is 7.15. The van der Waals surface area contributed by atoms with Gasteiger partial charge in [0.2, 0.25) is 11.8 Å². The highest BCUT2D eigenvalue weighted by molar-refractivity contribution is 5.94. The lowest BCUT2D eigenvalue weighted by atomic mass is 10.1. The largest absolute Gasteiger partial charge is 0.480 e. The fraction of sp³-hybridized carbons (Fsp3) is 0.441. The minimum Gasteiger partial charge on any atom is -0.480 e. The molecular weight excluding hydrogens is 652 g/mol. The molecule has 16 nitrogen and oxygen atoms in total. The molecule has 0 heterocycles. The summed E-state index contributed by atoms with van der Waals surface area (Å²) in [6.07, 6.45) is 1.46. The van der Waals surface area contributed by atoms with Crippen molar-refractivity contribution < 1.29 is 48.2 Å². The van der Waals surface area contributed by atoms with E-state index in [1.54, 1.807) is 69.3 Å². The Hall–Kier alpha value is -5.60. The van der Waals surface area contributed by atoms with E-state index in [0.29, 0.717) is 36.3 Å². The molecule has 0 aliphatic rings. The first-order chi connectivity index (χ1) is 23.6. The zero-order valence-electron chi connectivity index (χ0n) is 28.4. The van der Waals surface area contributed by atoms with Crippen molar-refractivity contribution in [3.8, 4) is 0 Å². The Bertz CT molecular complexity index is 1500. The predicted molar refractivity (Wildman–Crippen MR) is 180 cm³/mol. The number of ether oxygens (including phenoxy) is 1. The molecule has 0 fully saturated rings. The molecule has 6 N–H and O–H groups in total. The van der Waals surface area contributed by atoms with Crippen molar-refractivity contribution in [3.05, 3.63) is 54.1 Å². The molecule has 2 rings (SSSR count). The van der Waals surface area contributed by atoms with Crippen molar-refractivity contribution >= 4 is 58.7 Å². The van der Waals surface area contributed by atoms with Gasteiger partial charge >= 0.3 is 18.2 Å². The number of hydrogen-bond donors (Lipinski definition) is 5. The number of carboxylic acids is 1. The summed E-state index contributed by atoms with van der Waals surface area (Å²) in [6.45, 7) is 4.84. The zero-order chi connectivity index (χ0) is 37.5. The van der Waals surface area contributed by atoms with Gasteiger partial charge in [0.15, 0.2) is 11.6 Å². The van der Waals surface area contributed by atoms with E-state index in [9.17, 15) is 33.9 Å². The van der Waals surface area contributed by atoms with E-state index in [2.05, 4.69) is 26.2 Å². The minimum absolute atomic E-state index is 0.000604. The summed E-state index contributed by atoms with van der Waals surface area (Å²) < 4.78 is 5.08. The number of aliphatic carboxylic acids is 1. The van der Waals surface area contributed by atoms with Gasteiger partial charge in [0.25, 0.3) is 0 Å². The number of amides is 3. The average molecular weight is 697 g/mol. The van der Waals surface area contributed by atoms with E-state index in [-0.39, 0.29) is 74.7 Å². The minimum atomic E-state index is -1.17. The van der Waals surface area contributed by atoms with Crippen molar-refractivity contribution in [1.82, 2.24) is 10.6 Å². The molecule has 0 aromatic heterocycles. The normalized spacial score (nSPS) is 11.3. The van der Waals surface area contributed by atoms with Crippen LogP contribution in [0.25, 0.3) is 0 Å². The number of ketones is 2. The van der Waals surface area contributed by atoms with Crippen LogP contribution in [0.4, 0.5) is 21.9 Å². The van der Waals surface area contributed by atoms with Crippen LogP contribution in [0, 0.1) is 0 Å². The van der Waals surface area contributed by atoms with Gasteiger partial charge in [0.1, 0.15) is 11.6 Å². The van der Waals surface area contributed by atoms with E-state index >= 15 is 0 Å². The number of carbonyl (C=O) groups is 6. The maximum absolute atomic E-state index is 12.3. The van der Waals surface area contributed by atoms with E-state index < -0.39 is 23.7 Å². The monoisotopic (exact) mass is 696 g/mol. The number of carboxylic acid groups (broad SMARTS) is 1. The van der Waals surface area contributed by atoms with Gasteiger partial charge in [-0.15, -0.1) is 0 Å². The Balaban J connectivity index is 0.00000401. The third kappa shape index (κ3) is 19.9. The van der Waals surface area contributed by atoms with Crippen LogP contribution >= 0.6 is 0 Å². The highest BCUT2D eigenvalue weighted by Gasteiger charge is 2.23. The number of azo groups is 1. The highest BCUT2D eigenvalue weighted by Crippen LogP contribution is 2.21. The lowest BCUT2D eigenvalue weighted by Gasteiger charge is -2.22. The van der Waals surface area contributed by atoms with Gasteiger partial charge in [-0.25, -0.2) is 9.59 Å². The van der Waals surface area contributed by atoms with Gasteiger partial charge < -0.3 is 31.5 Å². The number of alkyl carbamates (subject to hydrolysis) is 1. The first-order valence-electron chi connectivity index (χ1n) is 15.8. The molecule has 0 saturated heterocycles. The second-order valence-corrected chi connectivity index (χ2v) is 11.9. The Morgan fingerprint density at radius 1 is 0.820 bits per heavy atom. The smallest absolute Gasteiger partial charge is 0.408 e. The van der Waals surface area contributed by atoms with Gasteiger partial charge in [-0.1, -0.05) is 25.0 Å². The molecular formula is C34H44N6O10. The molecule has 3 amide bonds. The number of rotatable bonds is 19. The van der Waals surface area contributed by atoms with Crippen molar-refractivity contribution in [2.24, 2.45) is 16.0 Å². The van der Waals surface area contributed by atoms with E-state index in [1.807, 2.05) is 0 Å². The van der Waals surface area contributed by atoms with Crippen molar-refractivity contribution in [1.29, 1.82) is 0 Å². The Kier molecular flexibility index (Phi) is 19.4. The number of benzene rings is 2. The van der Waals surface area contributed by atoms with Crippen LogP contribution < -0.4 is 21.7 Å². The maximum Gasteiger partial charge on any atom is 0.408 e. The van der Waals surface area contributed by atoms with Crippen molar-refractivity contribution in [2.75, 3.05) is 18.4 Å². The van der Waals surface area contributed by atoms with Crippen LogP contribution in [0.15, 0.2) is 58.8 Å². The zero-order valence-corrected chi connectivity index (χ0v) is 28.4. The number of carbonyl (C=O) groups excluding carboxylic acids is 7. The number of nitrogens with zero attached hydrogens (tertiary/aromatic N) is 2. The quantitative estimate of drug-likeness (QED) is 0.104. The van der Waals surface area contributed by atoms with E-state index in [1.165, 1.54) is 0 Å². The molecule has 0 bridgehead atoms. The first-order valence-corrected chi connectivity index (χ1v) is 15.8. The van der Waals surface area contributed by atoms with E-state index in [0.717, 1.165) is 5.56 Å². The summed E-state index contributed by atoms with van der Waals surface area (Å²) in [5.74, 6) is -2.19. The molecule has 50 heavy (non-hydrogen) atoms. The molecule has 270 valence electrons. The van der Waals surface area contributed by atoms with Gasteiger partial charge in [0.05, 0.1) is 24.5 Å². The van der Waals surface area contributed by atoms with Crippen LogP contribution in [0.1, 0.15) is 71.3 Å². The summed E-state index contributed by atoms with van der Waals surface area (Å²) in [4.78, 5) is 87.5. The lowest BCUT2D eigenvalue weighted by Crippen LogP contribution is -2.43. The number of nitrogens with two attached hydrogens (primary N) is 1. The van der Waals surface area contributed by atoms with Crippen molar-refractivity contribution in [3.63, 3.8) is 0 Å². The predicted octanol–water partition coefficient (Wildman–Crippen LogP) is 3.92. The van der Waals surface area contributed by atoms with Crippen LogP contribution in [-0.2, 0) is 44.7 Å². The van der Waals surface area contributed by atoms with Gasteiger partial charge in [-0.2, -0.15) is 19.8 Å². The van der Waals surface area contributed by atoms with Gasteiger partial charge in [-0.05, 0) is 75.6 Å². The number of unbranched alkanes of at least 4 members (excludes halogenated alkanes) is 2. The van der Waals surface area contributed by atoms with Crippen LogP contribution in [-0.4, -0.2) is 71.4 Å². The Labute approximate surface area is 289 Å². The summed E-state index contributed by atoms with van der Waals surface area (Å²) in [7, 11) is 0. The molecule has 0 radical (unpaired) electrons. The second-order valence-electron chi connectivity index (χ2n) is 11.9. The van der Waals surface area contributed by atoms with Crippen LogP contribution in [0.2, 0.25) is 0 Å². The first kappa shape index (κ1) is 42.4. The van der Waals surface area contributed by atoms with Crippen LogP contribution in [0.3, 0.4) is 0 Å². The molecule has 1 atom stereocenters. The van der Waals surface area contributed by atoms with E-state index in [4.69, 9.17) is 20.1 Å². The number of anilines is 1. The highest BCUT2D eigenvalue weighted by atomic mass is 16.6. The number of Topliss-reactive ketones (excluding diaryl/α,β-unsaturated/α-hetero) is 2. The average Bonchev–Trinajstić information content (AvgIpc) is 3.05. The summed E-state index contributed by atoms with van der Waals surface area (Å²) in [6, 6.07) is 12.7. The second kappa shape index (κ2) is 22.9. The van der Waals surface area contributed by atoms with Gasteiger partial charge in [-0.3, -0.25) is 19.2 Å². The lowest BCUT2D eigenvalue weighted by molar-refractivity contribution is -0.191. The third-order valence-electron chi connectivity index (χ3n) is 6.50. The summed E-state index contributed by atoms with van der Waals surface area (Å²) >= 11 is 0. The molecule has 0 saturated carbocycles. The number of nitrogens with one attached hydrogen (secondary N) is 3. The molecule has 0 spiro atoms. The third-order valence-corrected chi connectivity index (χ3v) is 6.50. The molecule has 16 heteroatoms.